The molecule has 5 nitrogen and oxygen atoms in total. The van der Waals surface area contributed by atoms with Gasteiger partial charge in [0.1, 0.15) is 23.7 Å². The van der Waals surface area contributed by atoms with Gasteiger partial charge in [-0.2, -0.15) is 0 Å². The van der Waals surface area contributed by atoms with Crippen LogP contribution in [-0.4, -0.2) is 30.4 Å². The molecule has 2 aliphatic rings. The largest absolute Gasteiger partial charge is 0.482 e. The molecule has 0 saturated carbocycles. The number of aromatic nitrogens is 1. The van der Waals surface area contributed by atoms with Gasteiger partial charge in [0.2, 0.25) is 0 Å². The second-order valence-corrected chi connectivity index (χ2v) is 5.83. The average molecular weight is 320 g/mol. The van der Waals surface area contributed by atoms with E-state index in [-0.39, 0.29) is 6.54 Å². The third kappa shape index (κ3) is 2.37. The maximum absolute atomic E-state index is 13.1. The van der Waals surface area contributed by atoms with Crippen LogP contribution >= 0.6 is 0 Å². The lowest BCUT2D eigenvalue weighted by Gasteiger charge is -2.42. The number of fused-ring (bicyclic) bond motifs is 2. The number of amides is 1. The maximum Gasteiger partial charge on any atom is 0.265 e. The molecule has 124 valence electrons. The van der Waals surface area contributed by atoms with Crippen LogP contribution in [0.1, 0.15) is 41.5 Å². The fourth-order valence-electron chi connectivity index (χ4n) is 3.56. The van der Waals surface area contributed by atoms with Crippen molar-refractivity contribution in [3.8, 4) is 0 Å². The molecule has 0 radical (unpaired) electrons. The lowest BCUT2D eigenvalue weighted by Crippen LogP contribution is -2.39. The van der Waals surface area contributed by atoms with Crippen LogP contribution in [-0.2, 0) is 21.6 Å². The Morgan fingerprint density at radius 3 is 2.78 bits per heavy atom. The second-order valence-electron chi connectivity index (χ2n) is 5.83. The number of primary amides is 1. The number of nitrogens with two attached hydrogens (primary N) is 1. The van der Waals surface area contributed by atoms with Crippen molar-refractivity contribution in [3.05, 3.63) is 41.4 Å². The minimum Gasteiger partial charge on any atom is -0.482 e. The smallest absolute Gasteiger partial charge is 0.265 e. The molecule has 2 N–H and O–H groups in total. The summed E-state index contributed by atoms with van der Waals surface area (Å²) in [5, 5.41) is 0. The normalized spacial score (nSPS) is 21.3. The van der Waals surface area contributed by atoms with Crippen molar-refractivity contribution in [1.82, 2.24) is 4.57 Å². The fourth-order valence-corrected chi connectivity index (χ4v) is 3.56. The first-order valence-electron chi connectivity index (χ1n) is 7.76. The summed E-state index contributed by atoms with van der Waals surface area (Å²) in [6.45, 7) is 6.51. The van der Waals surface area contributed by atoms with Crippen LogP contribution < -0.4 is 5.73 Å². The number of nitrogens with zero attached hydrogens (tertiary/aromatic N) is 1. The number of alkyl halides is 1. The molecule has 23 heavy (non-hydrogen) atoms. The number of halogens is 1. The summed E-state index contributed by atoms with van der Waals surface area (Å²) in [7, 11) is 0. The van der Waals surface area contributed by atoms with E-state index in [9.17, 15) is 9.18 Å². The molecule has 3 heterocycles. The van der Waals surface area contributed by atoms with E-state index in [4.69, 9.17) is 15.2 Å². The minimum atomic E-state index is -0.582. The van der Waals surface area contributed by atoms with Crippen molar-refractivity contribution in [3.63, 3.8) is 0 Å². The number of ether oxygens (including phenoxy) is 2. The van der Waals surface area contributed by atoms with Crippen molar-refractivity contribution in [1.29, 1.82) is 0 Å². The van der Waals surface area contributed by atoms with Crippen molar-refractivity contribution < 1.29 is 18.7 Å². The monoisotopic (exact) mass is 320 g/mol. The molecule has 6 heteroatoms. The van der Waals surface area contributed by atoms with Gasteiger partial charge in [-0.3, -0.25) is 4.79 Å². The van der Waals surface area contributed by atoms with E-state index in [2.05, 4.69) is 6.58 Å². The highest BCUT2D eigenvalue weighted by Gasteiger charge is 2.45. The summed E-state index contributed by atoms with van der Waals surface area (Å²) in [6.07, 6.45) is 3.19. The molecule has 0 unspecified atom stereocenters. The Hall–Kier alpha value is -2.08. The Morgan fingerprint density at radius 2 is 2.22 bits per heavy atom. The predicted molar refractivity (Wildman–Crippen MR) is 84.5 cm³/mol. The van der Waals surface area contributed by atoms with Gasteiger partial charge in [0, 0.05) is 24.0 Å². The first-order chi connectivity index (χ1) is 11.0. The van der Waals surface area contributed by atoms with E-state index in [0.29, 0.717) is 37.5 Å². The molecule has 0 aromatic carbocycles. The average Bonchev–Trinajstić information content (AvgIpc) is 2.90. The molecule has 1 fully saturated rings. The van der Waals surface area contributed by atoms with Crippen LogP contribution in [0.4, 0.5) is 4.39 Å². The Morgan fingerprint density at radius 1 is 1.52 bits per heavy atom. The molecule has 2 aliphatic heterocycles. The van der Waals surface area contributed by atoms with Gasteiger partial charge in [-0.25, -0.2) is 4.39 Å². The van der Waals surface area contributed by atoms with E-state index in [1.165, 1.54) is 0 Å². The number of hydrogen-bond acceptors (Lipinski definition) is 3. The van der Waals surface area contributed by atoms with E-state index in [0.717, 1.165) is 16.8 Å². The van der Waals surface area contributed by atoms with Gasteiger partial charge < -0.3 is 19.8 Å². The van der Waals surface area contributed by atoms with Gasteiger partial charge in [-0.1, -0.05) is 12.7 Å². The lowest BCUT2D eigenvalue weighted by atomic mass is 9.82. The Bertz CT molecular complexity index is 684. The molecule has 1 amide bonds. The summed E-state index contributed by atoms with van der Waals surface area (Å²) in [6, 6.07) is 1.74. The molecule has 1 aromatic rings. The summed E-state index contributed by atoms with van der Waals surface area (Å²) in [5.74, 6) is -0.0350. The highest BCUT2D eigenvalue weighted by molar-refractivity contribution is 5.94. The fraction of sp³-hybridized carbons (Fsp3) is 0.471. The third-order valence-corrected chi connectivity index (χ3v) is 4.61. The van der Waals surface area contributed by atoms with Crippen molar-refractivity contribution in [2.75, 3.05) is 19.9 Å². The quantitative estimate of drug-likeness (QED) is 0.930. The molecule has 1 spiro atoms. The van der Waals surface area contributed by atoms with Crippen LogP contribution in [0.3, 0.4) is 0 Å². The number of rotatable bonds is 3. The Kier molecular flexibility index (Phi) is 4.02. The summed E-state index contributed by atoms with van der Waals surface area (Å²) < 4.78 is 26.3. The van der Waals surface area contributed by atoms with Crippen molar-refractivity contribution >= 4 is 11.5 Å². The lowest BCUT2D eigenvalue weighted by molar-refractivity contribution is -0.0858. The number of carbonyl (C=O) groups excluding carboxylic acids is 1. The Labute approximate surface area is 134 Å². The highest BCUT2D eigenvalue weighted by Crippen LogP contribution is 2.49. The van der Waals surface area contributed by atoms with Gasteiger partial charge in [0.25, 0.3) is 5.91 Å². The zero-order valence-electron chi connectivity index (χ0n) is 13.2. The first kappa shape index (κ1) is 15.8. The van der Waals surface area contributed by atoms with E-state index in [1.807, 2.05) is 13.0 Å². The summed E-state index contributed by atoms with van der Waals surface area (Å²) >= 11 is 0. The summed E-state index contributed by atoms with van der Waals surface area (Å²) in [4.78, 5) is 11.8. The van der Waals surface area contributed by atoms with Gasteiger partial charge >= 0.3 is 0 Å². The van der Waals surface area contributed by atoms with Crippen LogP contribution in [0, 0.1) is 0 Å². The molecular weight excluding hydrogens is 299 g/mol. The minimum absolute atomic E-state index is 0.0742. The molecular formula is C17H21FN2O3. The standard InChI is InChI=1S/C17H21FN2O3/c1-3-12-11(2)23-17(4-8-22-9-5-17)13-10-14(16(19)21)20(7-6-18)15(12)13/h3,10H,2,4-9H2,1H3,(H2,19,21)/b12-3+. The topological polar surface area (TPSA) is 66.5 Å². The van der Waals surface area contributed by atoms with Crippen LogP contribution in [0.2, 0.25) is 0 Å². The van der Waals surface area contributed by atoms with Gasteiger partial charge in [0.15, 0.2) is 0 Å². The van der Waals surface area contributed by atoms with Crippen molar-refractivity contribution in [2.45, 2.75) is 31.9 Å². The number of carbonyl (C=O) groups is 1. The van der Waals surface area contributed by atoms with Crippen molar-refractivity contribution in [2.24, 2.45) is 5.73 Å². The summed E-state index contributed by atoms with van der Waals surface area (Å²) in [5.41, 5.74) is 7.67. The molecule has 1 saturated heterocycles. The Balaban J connectivity index is 2.27. The van der Waals surface area contributed by atoms with E-state index in [1.54, 1.807) is 10.6 Å². The first-order valence-corrected chi connectivity index (χ1v) is 7.76. The van der Waals surface area contributed by atoms with E-state index >= 15 is 0 Å². The molecule has 1 aromatic heterocycles. The SMILES string of the molecule is C=C1OC2(CCOCC2)c2cc(C(N)=O)n(CCF)c2/C1=C/C. The highest BCUT2D eigenvalue weighted by atomic mass is 19.1. The zero-order valence-corrected chi connectivity index (χ0v) is 13.2. The van der Waals surface area contributed by atoms with Gasteiger partial charge in [0.05, 0.1) is 25.5 Å². The molecule has 0 aliphatic carbocycles. The molecule has 0 atom stereocenters. The second kappa shape index (κ2) is 5.85. The van der Waals surface area contributed by atoms with E-state index < -0.39 is 18.2 Å². The molecule has 0 bridgehead atoms. The molecule has 3 rings (SSSR count). The number of allylic oxidation sites excluding steroid dienone is 2. The van der Waals surface area contributed by atoms with Gasteiger partial charge in [-0.15, -0.1) is 0 Å². The van der Waals surface area contributed by atoms with Crippen LogP contribution in [0.5, 0.6) is 0 Å². The van der Waals surface area contributed by atoms with Crippen LogP contribution in [0.15, 0.2) is 24.5 Å². The van der Waals surface area contributed by atoms with Crippen LogP contribution in [0.25, 0.3) is 5.57 Å². The maximum atomic E-state index is 13.1. The zero-order chi connectivity index (χ0) is 16.6. The number of hydrogen-bond donors (Lipinski definition) is 1. The van der Waals surface area contributed by atoms with Gasteiger partial charge in [-0.05, 0) is 13.0 Å². The third-order valence-electron chi connectivity index (χ3n) is 4.61. The predicted octanol–water partition coefficient (Wildman–Crippen LogP) is 2.51.